The summed E-state index contributed by atoms with van der Waals surface area (Å²) in [4.78, 5) is 0. The molecule has 20 heavy (non-hydrogen) atoms. The predicted molar refractivity (Wildman–Crippen MR) is 93.4 cm³/mol. The Hall–Kier alpha value is -0.300. The molecule has 1 heteroatoms. The lowest BCUT2D eigenvalue weighted by Gasteiger charge is -2.13. The lowest BCUT2D eigenvalue weighted by Crippen LogP contribution is -2.26. The highest BCUT2D eigenvalue weighted by molar-refractivity contribution is 4.81. The van der Waals surface area contributed by atoms with Crippen LogP contribution in [0.2, 0.25) is 0 Å². The fraction of sp³-hybridized carbons (Fsp3) is 0.895. The highest BCUT2D eigenvalue weighted by Gasteiger charge is 1.99. The Morgan fingerprint density at radius 2 is 1.35 bits per heavy atom. The minimum atomic E-state index is 0.699. The zero-order valence-corrected chi connectivity index (χ0v) is 14.4. The Morgan fingerprint density at radius 1 is 0.750 bits per heavy atom. The quantitative estimate of drug-likeness (QED) is 0.277. The molecule has 120 valence electrons. The Labute approximate surface area is 128 Å². The molecule has 0 rings (SSSR count). The van der Waals surface area contributed by atoms with Crippen molar-refractivity contribution in [2.24, 2.45) is 0 Å². The van der Waals surface area contributed by atoms with Crippen LogP contribution in [0.5, 0.6) is 0 Å². The molecular formula is C19H39N. The Kier molecular flexibility index (Phi) is 16.5. The van der Waals surface area contributed by atoms with Crippen molar-refractivity contribution in [3.63, 3.8) is 0 Å². The summed E-state index contributed by atoms with van der Waals surface area (Å²) in [6, 6.07) is 0.699. The standard InChI is InChI=1S/C19H39N/c1-4-6-8-9-10-11-12-13-14-15-17-19(3)20-18-16-7-5-2/h11-12,19-20H,4-10,13-18H2,1-3H3/b12-11+. The molecular weight excluding hydrogens is 242 g/mol. The van der Waals surface area contributed by atoms with Gasteiger partial charge < -0.3 is 5.32 Å². The average Bonchev–Trinajstić information content (AvgIpc) is 2.45. The van der Waals surface area contributed by atoms with Crippen molar-refractivity contribution in [3.05, 3.63) is 12.2 Å². The van der Waals surface area contributed by atoms with Crippen molar-refractivity contribution in [3.8, 4) is 0 Å². The van der Waals surface area contributed by atoms with E-state index in [1.54, 1.807) is 0 Å². The van der Waals surface area contributed by atoms with Gasteiger partial charge in [-0.15, -0.1) is 0 Å². The second-order valence-corrected chi connectivity index (χ2v) is 6.17. The van der Waals surface area contributed by atoms with Crippen LogP contribution < -0.4 is 5.32 Å². The maximum atomic E-state index is 3.63. The van der Waals surface area contributed by atoms with E-state index in [1.165, 1.54) is 83.6 Å². The molecule has 0 heterocycles. The van der Waals surface area contributed by atoms with Gasteiger partial charge in [-0.3, -0.25) is 0 Å². The maximum Gasteiger partial charge on any atom is 0.00387 e. The van der Waals surface area contributed by atoms with Crippen LogP contribution in [-0.4, -0.2) is 12.6 Å². The molecule has 1 atom stereocenters. The summed E-state index contributed by atoms with van der Waals surface area (Å²) in [5, 5.41) is 3.63. The van der Waals surface area contributed by atoms with Crippen LogP contribution in [0.25, 0.3) is 0 Å². The third-order valence-electron chi connectivity index (χ3n) is 3.92. The van der Waals surface area contributed by atoms with Gasteiger partial charge in [0.25, 0.3) is 0 Å². The summed E-state index contributed by atoms with van der Waals surface area (Å²) in [5.41, 5.74) is 0. The van der Waals surface area contributed by atoms with Crippen LogP contribution in [0.1, 0.15) is 97.8 Å². The summed E-state index contributed by atoms with van der Waals surface area (Å²) >= 11 is 0. The third kappa shape index (κ3) is 15.8. The Balaban J connectivity index is 3.19. The van der Waals surface area contributed by atoms with E-state index in [0.29, 0.717) is 6.04 Å². The minimum Gasteiger partial charge on any atom is -0.314 e. The van der Waals surface area contributed by atoms with E-state index in [-0.39, 0.29) is 0 Å². The van der Waals surface area contributed by atoms with Gasteiger partial charge in [0.2, 0.25) is 0 Å². The van der Waals surface area contributed by atoms with Crippen LogP contribution in [0.4, 0.5) is 0 Å². The molecule has 0 saturated carbocycles. The first-order valence-electron chi connectivity index (χ1n) is 9.19. The topological polar surface area (TPSA) is 12.0 Å². The van der Waals surface area contributed by atoms with E-state index in [0.717, 1.165) is 0 Å². The van der Waals surface area contributed by atoms with Crippen LogP contribution in [0.15, 0.2) is 12.2 Å². The van der Waals surface area contributed by atoms with Crippen molar-refractivity contribution in [1.82, 2.24) is 5.32 Å². The molecule has 0 aliphatic carbocycles. The zero-order chi connectivity index (χ0) is 14.9. The monoisotopic (exact) mass is 281 g/mol. The van der Waals surface area contributed by atoms with Crippen molar-refractivity contribution in [2.75, 3.05) is 6.54 Å². The van der Waals surface area contributed by atoms with E-state index >= 15 is 0 Å². The van der Waals surface area contributed by atoms with Gasteiger partial charge in [0, 0.05) is 6.04 Å². The van der Waals surface area contributed by atoms with Gasteiger partial charge in [-0.25, -0.2) is 0 Å². The minimum absolute atomic E-state index is 0.699. The van der Waals surface area contributed by atoms with Crippen LogP contribution in [0, 0.1) is 0 Å². The fourth-order valence-electron chi connectivity index (χ4n) is 2.46. The Morgan fingerprint density at radius 3 is 2.00 bits per heavy atom. The molecule has 0 radical (unpaired) electrons. The van der Waals surface area contributed by atoms with E-state index in [9.17, 15) is 0 Å². The van der Waals surface area contributed by atoms with Gasteiger partial charge in [-0.1, -0.05) is 64.5 Å². The van der Waals surface area contributed by atoms with Crippen LogP contribution in [0.3, 0.4) is 0 Å². The van der Waals surface area contributed by atoms with Gasteiger partial charge in [0.05, 0.1) is 0 Å². The third-order valence-corrected chi connectivity index (χ3v) is 3.92. The number of rotatable bonds is 15. The molecule has 0 aromatic carbocycles. The van der Waals surface area contributed by atoms with E-state index in [2.05, 4.69) is 38.2 Å². The molecule has 0 aromatic rings. The predicted octanol–water partition coefficient (Wildman–Crippen LogP) is 6.24. The molecule has 1 unspecified atom stereocenters. The molecule has 0 bridgehead atoms. The molecule has 0 aliphatic heterocycles. The molecule has 0 amide bonds. The normalized spacial score (nSPS) is 13.2. The van der Waals surface area contributed by atoms with E-state index < -0.39 is 0 Å². The smallest absolute Gasteiger partial charge is 0.00387 e. The largest absolute Gasteiger partial charge is 0.314 e. The highest BCUT2D eigenvalue weighted by atomic mass is 14.9. The molecule has 1 N–H and O–H groups in total. The number of hydrogen-bond acceptors (Lipinski definition) is 1. The second kappa shape index (κ2) is 16.8. The van der Waals surface area contributed by atoms with Crippen LogP contribution in [-0.2, 0) is 0 Å². The SMILES string of the molecule is CCCCCC/C=C/CCCCC(C)NCCCCC. The fourth-order valence-corrected chi connectivity index (χ4v) is 2.46. The van der Waals surface area contributed by atoms with E-state index in [1.807, 2.05) is 0 Å². The van der Waals surface area contributed by atoms with Gasteiger partial charge in [-0.2, -0.15) is 0 Å². The summed E-state index contributed by atoms with van der Waals surface area (Å²) in [7, 11) is 0. The van der Waals surface area contributed by atoms with Gasteiger partial charge in [-0.05, 0) is 52.0 Å². The summed E-state index contributed by atoms with van der Waals surface area (Å²) in [6.07, 6.45) is 20.9. The summed E-state index contributed by atoms with van der Waals surface area (Å²) < 4.78 is 0. The first kappa shape index (κ1) is 19.7. The molecule has 0 aromatic heterocycles. The maximum absolute atomic E-state index is 3.63. The van der Waals surface area contributed by atoms with Crippen LogP contribution >= 0.6 is 0 Å². The van der Waals surface area contributed by atoms with E-state index in [4.69, 9.17) is 0 Å². The zero-order valence-electron chi connectivity index (χ0n) is 14.4. The first-order chi connectivity index (χ1) is 9.81. The van der Waals surface area contributed by atoms with Gasteiger partial charge in [0.15, 0.2) is 0 Å². The van der Waals surface area contributed by atoms with Crippen molar-refractivity contribution >= 4 is 0 Å². The lowest BCUT2D eigenvalue weighted by molar-refractivity contribution is 0.479. The first-order valence-corrected chi connectivity index (χ1v) is 9.19. The Bertz CT molecular complexity index is 198. The van der Waals surface area contributed by atoms with Gasteiger partial charge >= 0.3 is 0 Å². The van der Waals surface area contributed by atoms with Gasteiger partial charge in [0.1, 0.15) is 0 Å². The molecule has 0 fully saturated rings. The number of unbranched alkanes of at least 4 members (excludes halogenated alkanes) is 8. The van der Waals surface area contributed by atoms with Crippen molar-refractivity contribution < 1.29 is 0 Å². The number of allylic oxidation sites excluding steroid dienone is 2. The summed E-state index contributed by atoms with van der Waals surface area (Å²) in [6.45, 7) is 8.07. The summed E-state index contributed by atoms with van der Waals surface area (Å²) in [5.74, 6) is 0. The molecule has 0 saturated heterocycles. The average molecular weight is 282 g/mol. The second-order valence-electron chi connectivity index (χ2n) is 6.17. The van der Waals surface area contributed by atoms with Crippen molar-refractivity contribution in [1.29, 1.82) is 0 Å². The number of nitrogens with one attached hydrogen (secondary N) is 1. The molecule has 0 spiro atoms. The lowest BCUT2D eigenvalue weighted by atomic mass is 10.1. The van der Waals surface area contributed by atoms with Crippen molar-refractivity contribution in [2.45, 2.75) is 104 Å². The molecule has 0 aliphatic rings. The molecule has 1 nitrogen and oxygen atoms in total. The number of hydrogen-bond donors (Lipinski definition) is 1. The highest BCUT2D eigenvalue weighted by Crippen LogP contribution is 2.07.